The molecule has 35 heavy (non-hydrogen) atoms. The highest BCUT2D eigenvalue weighted by Gasteiger charge is 2.36. The Bertz CT molecular complexity index is 1390. The van der Waals surface area contributed by atoms with Crippen molar-refractivity contribution in [3.63, 3.8) is 0 Å². The lowest BCUT2D eigenvalue weighted by Crippen LogP contribution is -2.18. The number of ether oxygens (including phenoxy) is 1. The van der Waals surface area contributed by atoms with Gasteiger partial charge in [-0.2, -0.15) is 13.2 Å². The van der Waals surface area contributed by atoms with E-state index in [-0.39, 0.29) is 16.3 Å². The number of carbonyl (C=O) groups excluding carboxylic acids is 1. The maximum Gasteiger partial charge on any atom is 0.416 e. The summed E-state index contributed by atoms with van der Waals surface area (Å²) >= 11 is 6.19. The molecule has 2 aromatic carbocycles. The highest BCUT2D eigenvalue weighted by Crippen LogP contribution is 2.40. The van der Waals surface area contributed by atoms with Gasteiger partial charge in [0.1, 0.15) is 16.9 Å². The third kappa shape index (κ3) is 5.85. The summed E-state index contributed by atoms with van der Waals surface area (Å²) in [6.07, 6.45) is -1.51. The first kappa shape index (κ1) is 26.3. The van der Waals surface area contributed by atoms with Crippen LogP contribution in [0.15, 0.2) is 65.7 Å². The van der Waals surface area contributed by atoms with Crippen LogP contribution in [0.2, 0.25) is 5.02 Å². The Hall–Kier alpha value is -3.31. The lowest BCUT2D eigenvalue weighted by molar-refractivity contribution is -0.137. The quantitative estimate of drug-likeness (QED) is 0.229. The van der Waals surface area contributed by atoms with Crippen LogP contribution in [0.5, 0.6) is 0 Å². The van der Waals surface area contributed by atoms with Gasteiger partial charge in [0.05, 0.1) is 28.3 Å². The molecule has 1 aromatic heterocycles. The molecular formula is C23H15ClF5NO4S. The van der Waals surface area contributed by atoms with Crippen LogP contribution in [-0.2, 0) is 25.5 Å². The predicted octanol–water partition coefficient (Wildman–Crippen LogP) is 5.78. The first-order chi connectivity index (χ1) is 16.3. The molecule has 0 saturated heterocycles. The van der Waals surface area contributed by atoms with E-state index in [9.17, 15) is 35.2 Å². The van der Waals surface area contributed by atoms with Gasteiger partial charge in [0.2, 0.25) is 0 Å². The van der Waals surface area contributed by atoms with Gasteiger partial charge in [0, 0.05) is 17.8 Å². The zero-order valence-corrected chi connectivity index (χ0v) is 19.3. The summed E-state index contributed by atoms with van der Waals surface area (Å²) in [5.74, 6) is -2.79. The molecule has 0 saturated carbocycles. The summed E-state index contributed by atoms with van der Waals surface area (Å²) in [4.78, 5) is 14.7. The zero-order chi connectivity index (χ0) is 26.0. The predicted molar refractivity (Wildman–Crippen MR) is 117 cm³/mol. The highest BCUT2D eigenvalue weighted by molar-refractivity contribution is 7.92. The maximum absolute atomic E-state index is 14.8. The number of esters is 1. The second kappa shape index (κ2) is 10.1. The number of carbonyl (C=O) groups is 1. The summed E-state index contributed by atoms with van der Waals surface area (Å²) in [6.45, 7) is 0. The highest BCUT2D eigenvalue weighted by atomic mass is 35.5. The van der Waals surface area contributed by atoms with Crippen molar-refractivity contribution >= 4 is 33.5 Å². The minimum Gasteiger partial charge on any atom is -0.466 e. The third-order valence-electron chi connectivity index (χ3n) is 4.84. The van der Waals surface area contributed by atoms with Crippen molar-refractivity contribution in [1.82, 2.24) is 4.98 Å². The molecule has 0 N–H and O–H groups in total. The molecule has 0 aliphatic carbocycles. The van der Waals surface area contributed by atoms with E-state index < -0.39 is 54.9 Å². The second-order valence-corrected chi connectivity index (χ2v) is 9.54. The summed E-state index contributed by atoms with van der Waals surface area (Å²) < 4.78 is 99.3. The van der Waals surface area contributed by atoms with Crippen molar-refractivity contribution in [2.24, 2.45) is 0 Å². The van der Waals surface area contributed by atoms with Gasteiger partial charge >= 0.3 is 12.1 Å². The third-order valence-corrected chi connectivity index (χ3v) is 7.21. The van der Waals surface area contributed by atoms with E-state index >= 15 is 0 Å². The molecule has 0 radical (unpaired) electrons. The van der Waals surface area contributed by atoms with Gasteiger partial charge in [-0.1, -0.05) is 11.6 Å². The van der Waals surface area contributed by atoms with E-state index in [0.717, 1.165) is 43.6 Å². The van der Waals surface area contributed by atoms with Crippen molar-refractivity contribution in [1.29, 1.82) is 0 Å². The Morgan fingerprint density at radius 1 is 1.06 bits per heavy atom. The minimum absolute atomic E-state index is 0.0271. The van der Waals surface area contributed by atoms with Crippen LogP contribution in [0.3, 0.4) is 0 Å². The van der Waals surface area contributed by atoms with Crippen LogP contribution >= 0.6 is 11.6 Å². The molecule has 0 amide bonds. The number of hydrogen-bond donors (Lipinski definition) is 0. The Morgan fingerprint density at radius 3 is 2.31 bits per heavy atom. The molecule has 12 heteroatoms. The lowest BCUT2D eigenvalue weighted by Gasteiger charge is -2.21. The van der Waals surface area contributed by atoms with Crippen LogP contribution in [0.4, 0.5) is 22.0 Å². The van der Waals surface area contributed by atoms with E-state index in [4.69, 9.17) is 11.6 Å². The molecule has 0 aliphatic heterocycles. The number of hydrogen-bond acceptors (Lipinski definition) is 5. The number of sulfone groups is 1. The number of benzene rings is 2. The summed E-state index contributed by atoms with van der Waals surface area (Å²) in [7, 11) is -3.55. The number of methoxy groups -OCH3 is 1. The Kier molecular flexibility index (Phi) is 7.61. The van der Waals surface area contributed by atoms with Gasteiger partial charge in [-0.25, -0.2) is 22.0 Å². The van der Waals surface area contributed by atoms with Crippen LogP contribution in [-0.4, -0.2) is 26.5 Å². The Morgan fingerprint density at radius 2 is 1.71 bits per heavy atom. The fourth-order valence-corrected chi connectivity index (χ4v) is 5.28. The summed E-state index contributed by atoms with van der Waals surface area (Å²) in [5.41, 5.74) is -1.93. The maximum atomic E-state index is 14.8. The topological polar surface area (TPSA) is 73.3 Å². The molecule has 5 nitrogen and oxygen atoms in total. The second-order valence-electron chi connectivity index (χ2n) is 7.10. The molecule has 0 spiro atoms. The van der Waals surface area contributed by atoms with Gasteiger partial charge < -0.3 is 4.74 Å². The smallest absolute Gasteiger partial charge is 0.416 e. The fourth-order valence-electron chi connectivity index (χ4n) is 3.17. The van der Waals surface area contributed by atoms with Crippen molar-refractivity contribution in [2.45, 2.75) is 16.3 Å². The average Bonchev–Trinajstić information content (AvgIpc) is 2.81. The van der Waals surface area contributed by atoms with Gasteiger partial charge in [-0.3, -0.25) is 4.98 Å². The molecule has 184 valence electrons. The number of alkyl halides is 3. The van der Waals surface area contributed by atoms with Crippen LogP contribution in [0.25, 0.3) is 6.08 Å². The standard InChI is InChI=1S/C23H15ClF5NO4S/c1-34-21(31)9-5-15-11-17(19(24)12-30-15)22(18-10-14(25)4-8-20(18)26)35(32,33)16-6-2-13(3-7-16)23(27,28)29/h2-12,22H,1H3/b9-5+. The molecule has 1 unspecified atom stereocenters. The number of halogens is 6. The van der Waals surface area contributed by atoms with Crippen LogP contribution in [0.1, 0.15) is 27.6 Å². The van der Waals surface area contributed by atoms with E-state index in [2.05, 4.69) is 9.72 Å². The Labute approximate surface area is 201 Å². The van der Waals surface area contributed by atoms with Crippen LogP contribution < -0.4 is 0 Å². The first-order valence-corrected chi connectivity index (χ1v) is 11.5. The van der Waals surface area contributed by atoms with Crippen molar-refractivity contribution in [3.8, 4) is 0 Å². The summed E-state index contributed by atoms with van der Waals surface area (Å²) in [5, 5.41) is -2.21. The minimum atomic E-state index is -4.72. The van der Waals surface area contributed by atoms with E-state index in [0.29, 0.717) is 24.3 Å². The number of aromatic nitrogens is 1. The molecule has 3 rings (SSSR count). The Balaban J connectivity index is 2.25. The normalized spacial score (nSPS) is 13.1. The fraction of sp³-hybridized carbons (Fsp3) is 0.130. The molecule has 0 fully saturated rings. The average molecular weight is 532 g/mol. The number of rotatable bonds is 6. The molecule has 0 aliphatic rings. The van der Waals surface area contributed by atoms with Crippen molar-refractivity contribution < 1.29 is 39.9 Å². The van der Waals surface area contributed by atoms with Crippen molar-refractivity contribution in [2.75, 3.05) is 7.11 Å². The van der Waals surface area contributed by atoms with E-state index in [1.54, 1.807) is 0 Å². The first-order valence-electron chi connectivity index (χ1n) is 9.62. The monoisotopic (exact) mass is 531 g/mol. The lowest BCUT2D eigenvalue weighted by atomic mass is 10.0. The van der Waals surface area contributed by atoms with Gasteiger partial charge in [-0.05, 0) is 60.2 Å². The van der Waals surface area contributed by atoms with Crippen molar-refractivity contribution in [3.05, 3.63) is 99.8 Å². The van der Waals surface area contributed by atoms with E-state index in [1.807, 2.05) is 0 Å². The molecule has 1 atom stereocenters. The SMILES string of the molecule is COC(=O)/C=C/c1cc(C(c2cc(F)ccc2F)S(=O)(=O)c2ccc(C(F)(F)F)cc2)c(Cl)cn1. The van der Waals surface area contributed by atoms with Gasteiger partial charge in [0.15, 0.2) is 9.84 Å². The molecule has 0 bridgehead atoms. The number of pyridine rings is 1. The van der Waals surface area contributed by atoms with Gasteiger partial charge in [0.25, 0.3) is 0 Å². The van der Waals surface area contributed by atoms with E-state index in [1.165, 1.54) is 6.08 Å². The zero-order valence-electron chi connectivity index (χ0n) is 17.7. The van der Waals surface area contributed by atoms with Gasteiger partial charge in [-0.15, -0.1) is 0 Å². The molecular weight excluding hydrogens is 517 g/mol. The summed E-state index contributed by atoms with van der Waals surface area (Å²) in [6, 6.07) is 5.84. The number of nitrogens with zero attached hydrogens (tertiary/aromatic N) is 1. The molecule has 1 heterocycles. The largest absolute Gasteiger partial charge is 0.466 e. The van der Waals surface area contributed by atoms with Crippen LogP contribution in [0, 0.1) is 11.6 Å². The molecule has 3 aromatic rings.